The van der Waals surface area contributed by atoms with E-state index < -0.39 is 10.0 Å². The van der Waals surface area contributed by atoms with Crippen molar-refractivity contribution in [1.82, 2.24) is 14.9 Å². The molecular weight excluding hydrogens is 410 g/mol. The highest BCUT2D eigenvalue weighted by Gasteiger charge is 2.22. The van der Waals surface area contributed by atoms with Crippen molar-refractivity contribution in [2.45, 2.75) is 74.8 Å². The Balaban J connectivity index is 1.44. The van der Waals surface area contributed by atoms with E-state index in [1.54, 1.807) is 6.07 Å². The average Bonchev–Trinajstić information content (AvgIpc) is 3.29. The van der Waals surface area contributed by atoms with Gasteiger partial charge >= 0.3 is 0 Å². The van der Waals surface area contributed by atoms with Crippen molar-refractivity contribution in [2.24, 2.45) is 0 Å². The van der Waals surface area contributed by atoms with Crippen molar-refractivity contribution >= 4 is 21.4 Å². The fraction of sp³-hybridized carbons (Fsp3) is 0.739. The SMILES string of the molecule is O=S(=O)(NCCN1CCNCC1)c1ccc(NC2CCCCC2)c(NC2CCCC2)c1. The van der Waals surface area contributed by atoms with Crippen molar-refractivity contribution in [1.29, 1.82) is 0 Å². The summed E-state index contributed by atoms with van der Waals surface area (Å²) in [4.78, 5) is 2.64. The number of anilines is 2. The van der Waals surface area contributed by atoms with E-state index in [-0.39, 0.29) is 0 Å². The van der Waals surface area contributed by atoms with Gasteiger partial charge in [-0.05, 0) is 43.9 Å². The molecule has 0 spiro atoms. The summed E-state index contributed by atoms with van der Waals surface area (Å²) in [5.74, 6) is 0. The molecule has 0 radical (unpaired) electrons. The molecule has 3 fully saturated rings. The molecule has 0 aromatic heterocycles. The van der Waals surface area contributed by atoms with E-state index in [0.29, 0.717) is 23.5 Å². The molecule has 1 saturated heterocycles. The molecule has 8 heteroatoms. The number of nitrogens with zero attached hydrogens (tertiary/aromatic N) is 1. The third-order valence-electron chi connectivity index (χ3n) is 6.91. The standard InChI is InChI=1S/C23H39N5O2S/c29-31(30,25-14-17-28-15-12-24-13-16-28)21-10-11-22(26-19-6-2-1-3-7-19)23(18-21)27-20-8-4-5-9-20/h10-11,18-20,24-27H,1-9,12-17H2. The van der Waals surface area contributed by atoms with Crippen LogP contribution in [0.15, 0.2) is 23.1 Å². The fourth-order valence-electron chi connectivity index (χ4n) is 5.05. The summed E-state index contributed by atoms with van der Waals surface area (Å²) in [5.41, 5.74) is 1.97. The monoisotopic (exact) mass is 449 g/mol. The number of sulfonamides is 1. The normalized spacial score (nSPS) is 21.9. The highest BCUT2D eigenvalue weighted by atomic mass is 32.2. The summed E-state index contributed by atoms with van der Waals surface area (Å²) in [6.45, 7) is 5.07. The number of rotatable bonds is 9. The molecule has 0 atom stereocenters. The van der Waals surface area contributed by atoms with Gasteiger partial charge in [-0.3, -0.25) is 4.90 Å². The second kappa shape index (κ2) is 11.0. The molecule has 1 aromatic rings. The smallest absolute Gasteiger partial charge is 0.240 e. The van der Waals surface area contributed by atoms with E-state index in [0.717, 1.165) is 56.9 Å². The Morgan fingerprint density at radius 2 is 1.48 bits per heavy atom. The van der Waals surface area contributed by atoms with Crippen LogP contribution in [0.2, 0.25) is 0 Å². The Kier molecular flexibility index (Phi) is 8.09. The number of benzene rings is 1. The summed E-state index contributed by atoms with van der Waals surface area (Å²) >= 11 is 0. The molecule has 4 rings (SSSR count). The van der Waals surface area contributed by atoms with Gasteiger partial charge in [-0.15, -0.1) is 0 Å². The fourth-order valence-corrected chi connectivity index (χ4v) is 6.10. The second-order valence-electron chi connectivity index (χ2n) is 9.30. The van der Waals surface area contributed by atoms with Crippen molar-refractivity contribution in [3.05, 3.63) is 18.2 Å². The zero-order chi connectivity index (χ0) is 21.5. The van der Waals surface area contributed by atoms with Crippen LogP contribution in [0.25, 0.3) is 0 Å². The van der Waals surface area contributed by atoms with Gasteiger partial charge in [-0.25, -0.2) is 13.1 Å². The van der Waals surface area contributed by atoms with E-state index >= 15 is 0 Å². The van der Waals surface area contributed by atoms with Gasteiger partial charge in [0.25, 0.3) is 0 Å². The third-order valence-corrected chi connectivity index (χ3v) is 8.37. The number of piperazine rings is 1. The lowest BCUT2D eigenvalue weighted by atomic mass is 9.95. The molecule has 0 amide bonds. The van der Waals surface area contributed by atoms with Gasteiger partial charge in [0.15, 0.2) is 0 Å². The largest absolute Gasteiger partial charge is 0.381 e. The molecule has 31 heavy (non-hydrogen) atoms. The maximum absolute atomic E-state index is 13.0. The Hall–Kier alpha value is -1.35. The van der Waals surface area contributed by atoms with Gasteiger partial charge in [-0.2, -0.15) is 0 Å². The first-order chi connectivity index (χ1) is 15.1. The van der Waals surface area contributed by atoms with Crippen LogP contribution >= 0.6 is 0 Å². The van der Waals surface area contributed by atoms with Gasteiger partial charge in [-0.1, -0.05) is 32.1 Å². The minimum atomic E-state index is -3.53. The molecule has 3 aliphatic rings. The average molecular weight is 450 g/mol. The van der Waals surface area contributed by atoms with E-state index in [1.165, 1.54) is 44.9 Å². The Bertz CT molecular complexity index is 798. The second-order valence-corrected chi connectivity index (χ2v) is 11.1. The third kappa shape index (κ3) is 6.57. The first-order valence-electron chi connectivity index (χ1n) is 12.2. The van der Waals surface area contributed by atoms with Crippen molar-refractivity contribution < 1.29 is 8.42 Å². The van der Waals surface area contributed by atoms with Crippen LogP contribution in [0.1, 0.15) is 57.8 Å². The molecule has 0 unspecified atom stereocenters. The molecule has 1 aromatic carbocycles. The molecule has 4 N–H and O–H groups in total. The first kappa shape index (κ1) is 22.8. The molecule has 2 saturated carbocycles. The van der Waals surface area contributed by atoms with Gasteiger partial charge in [0, 0.05) is 51.4 Å². The lowest BCUT2D eigenvalue weighted by molar-refractivity contribution is 0.245. The van der Waals surface area contributed by atoms with Crippen LogP contribution in [0.5, 0.6) is 0 Å². The molecule has 2 aliphatic carbocycles. The minimum Gasteiger partial charge on any atom is -0.381 e. The quantitative estimate of drug-likeness (QED) is 0.464. The number of nitrogens with one attached hydrogen (secondary N) is 4. The van der Waals surface area contributed by atoms with Crippen LogP contribution in [0.3, 0.4) is 0 Å². The first-order valence-corrected chi connectivity index (χ1v) is 13.7. The predicted molar refractivity (Wildman–Crippen MR) is 127 cm³/mol. The summed E-state index contributed by atoms with van der Waals surface area (Å²) in [6.07, 6.45) is 11.0. The zero-order valence-corrected chi connectivity index (χ0v) is 19.5. The summed E-state index contributed by atoms with van der Waals surface area (Å²) in [7, 11) is -3.53. The molecule has 7 nitrogen and oxygen atoms in total. The minimum absolute atomic E-state index is 0.350. The van der Waals surface area contributed by atoms with Crippen LogP contribution in [-0.4, -0.2) is 64.7 Å². The topological polar surface area (TPSA) is 85.5 Å². The van der Waals surface area contributed by atoms with E-state index in [1.807, 2.05) is 12.1 Å². The summed E-state index contributed by atoms with van der Waals surface area (Å²) in [6, 6.07) is 6.45. The maximum Gasteiger partial charge on any atom is 0.240 e. The Morgan fingerprint density at radius 1 is 0.871 bits per heavy atom. The van der Waals surface area contributed by atoms with E-state index in [9.17, 15) is 8.42 Å². The maximum atomic E-state index is 13.0. The summed E-state index contributed by atoms with van der Waals surface area (Å²) < 4.78 is 28.8. The van der Waals surface area contributed by atoms with Crippen molar-refractivity contribution in [2.75, 3.05) is 49.9 Å². The predicted octanol–water partition coefficient (Wildman–Crippen LogP) is 2.97. The zero-order valence-electron chi connectivity index (χ0n) is 18.7. The lowest BCUT2D eigenvalue weighted by Gasteiger charge is -2.27. The van der Waals surface area contributed by atoms with Gasteiger partial charge in [0.05, 0.1) is 16.3 Å². The van der Waals surface area contributed by atoms with Crippen LogP contribution < -0.4 is 20.7 Å². The van der Waals surface area contributed by atoms with Crippen molar-refractivity contribution in [3.63, 3.8) is 0 Å². The van der Waals surface area contributed by atoms with Gasteiger partial charge in [0.2, 0.25) is 10.0 Å². The van der Waals surface area contributed by atoms with Crippen molar-refractivity contribution in [3.8, 4) is 0 Å². The van der Waals surface area contributed by atoms with Crippen LogP contribution in [0.4, 0.5) is 11.4 Å². The van der Waals surface area contributed by atoms with Gasteiger partial charge in [0.1, 0.15) is 0 Å². The van der Waals surface area contributed by atoms with E-state index in [4.69, 9.17) is 0 Å². The molecule has 174 valence electrons. The van der Waals surface area contributed by atoms with Gasteiger partial charge < -0.3 is 16.0 Å². The Morgan fingerprint density at radius 3 is 2.16 bits per heavy atom. The number of hydrogen-bond donors (Lipinski definition) is 4. The lowest BCUT2D eigenvalue weighted by Crippen LogP contribution is -2.46. The Labute approximate surface area is 187 Å². The number of hydrogen-bond acceptors (Lipinski definition) is 6. The molecule has 1 aliphatic heterocycles. The molecule has 0 bridgehead atoms. The highest BCUT2D eigenvalue weighted by molar-refractivity contribution is 7.89. The molecular formula is C23H39N5O2S. The van der Waals surface area contributed by atoms with Crippen LogP contribution in [0, 0.1) is 0 Å². The van der Waals surface area contributed by atoms with Crippen LogP contribution in [-0.2, 0) is 10.0 Å². The van der Waals surface area contributed by atoms with E-state index in [2.05, 4.69) is 25.6 Å². The highest BCUT2D eigenvalue weighted by Crippen LogP contribution is 2.32. The summed E-state index contributed by atoms with van der Waals surface area (Å²) in [5, 5.41) is 10.7. The molecule has 1 heterocycles.